The van der Waals surface area contributed by atoms with Gasteiger partial charge in [-0.2, -0.15) is 0 Å². The van der Waals surface area contributed by atoms with Crippen molar-refractivity contribution in [2.45, 2.75) is 25.9 Å². The normalized spacial score (nSPS) is 23.4. The summed E-state index contributed by atoms with van der Waals surface area (Å²) < 4.78 is 5.67. The van der Waals surface area contributed by atoms with Crippen LogP contribution in [-0.2, 0) is 27.4 Å². The maximum absolute atomic E-state index is 11.7. The number of hydrogen-bond acceptors (Lipinski definition) is 3. The monoisotopic (exact) mass is 259 g/mol. The molecule has 2 aliphatic rings. The van der Waals surface area contributed by atoms with Crippen molar-refractivity contribution in [3.05, 3.63) is 35.4 Å². The molecule has 2 aliphatic heterocycles. The van der Waals surface area contributed by atoms with Gasteiger partial charge in [0.25, 0.3) is 0 Å². The molecule has 0 spiro atoms. The number of nitrogens with zero attached hydrogens (tertiary/aromatic N) is 1. The first kappa shape index (κ1) is 12.4. The van der Waals surface area contributed by atoms with Gasteiger partial charge in [-0.15, -0.1) is 0 Å². The number of carbonyl (C=O) groups excluding carboxylic acids is 2. The Hall–Kier alpha value is -1.68. The predicted octanol–water partition coefficient (Wildman–Crippen LogP) is 1.52. The first-order valence-electron chi connectivity index (χ1n) is 6.72. The lowest BCUT2D eigenvalue weighted by atomic mass is 9.97. The number of hydrogen-bond donors (Lipinski definition) is 0. The molecule has 4 heteroatoms. The summed E-state index contributed by atoms with van der Waals surface area (Å²) in [6.45, 7) is 1.71. The van der Waals surface area contributed by atoms with Crippen LogP contribution in [0.5, 0.6) is 0 Å². The molecule has 0 aliphatic carbocycles. The van der Waals surface area contributed by atoms with Gasteiger partial charge >= 0.3 is 0 Å². The van der Waals surface area contributed by atoms with Crippen molar-refractivity contribution < 1.29 is 14.3 Å². The van der Waals surface area contributed by atoms with Gasteiger partial charge in [-0.1, -0.05) is 24.3 Å². The first-order chi connectivity index (χ1) is 9.24. The topological polar surface area (TPSA) is 46.6 Å². The van der Waals surface area contributed by atoms with E-state index in [9.17, 15) is 9.59 Å². The summed E-state index contributed by atoms with van der Waals surface area (Å²) in [5.74, 6) is 0.125. The third-order valence-corrected chi connectivity index (χ3v) is 3.83. The fourth-order valence-electron chi connectivity index (χ4n) is 2.80. The van der Waals surface area contributed by atoms with Crippen LogP contribution in [0.3, 0.4) is 0 Å². The molecule has 4 nitrogen and oxygen atoms in total. The van der Waals surface area contributed by atoms with Crippen molar-refractivity contribution in [1.29, 1.82) is 0 Å². The molecule has 0 saturated carbocycles. The minimum Gasteiger partial charge on any atom is -0.376 e. The fourth-order valence-corrected chi connectivity index (χ4v) is 2.80. The van der Waals surface area contributed by atoms with Crippen molar-refractivity contribution >= 4 is 11.8 Å². The molecule has 3 rings (SSSR count). The van der Waals surface area contributed by atoms with Crippen molar-refractivity contribution in [1.82, 2.24) is 4.90 Å². The Bertz CT molecular complexity index is 496. The average molecular weight is 259 g/mol. The van der Waals surface area contributed by atoms with E-state index in [0.717, 1.165) is 6.42 Å². The molecule has 0 bridgehead atoms. The number of imide groups is 1. The number of carbonyl (C=O) groups is 2. The van der Waals surface area contributed by atoms with Gasteiger partial charge in [0.05, 0.1) is 13.2 Å². The Morgan fingerprint density at radius 1 is 1.11 bits per heavy atom. The lowest BCUT2D eigenvalue weighted by Gasteiger charge is -2.21. The van der Waals surface area contributed by atoms with Crippen molar-refractivity contribution in [3.63, 3.8) is 0 Å². The molecule has 2 heterocycles. The zero-order valence-corrected chi connectivity index (χ0v) is 10.8. The summed E-state index contributed by atoms with van der Waals surface area (Å²) in [5, 5.41) is 0. The van der Waals surface area contributed by atoms with Crippen LogP contribution in [0.25, 0.3) is 0 Å². The Kier molecular flexibility index (Phi) is 3.34. The number of fused-ring (bicyclic) bond motifs is 1. The SMILES string of the molecule is O=C1CCC(=O)N1CC1COCc2ccccc2C1. The number of likely N-dealkylation sites (tertiary alicyclic amines) is 1. The van der Waals surface area contributed by atoms with E-state index in [1.807, 2.05) is 12.1 Å². The molecular weight excluding hydrogens is 242 g/mol. The molecule has 19 heavy (non-hydrogen) atoms. The highest BCUT2D eigenvalue weighted by Gasteiger charge is 2.31. The molecule has 1 saturated heterocycles. The fraction of sp³-hybridized carbons (Fsp3) is 0.467. The summed E-state index contributed by atoms with van der Waals surface area (Å²) in [4.78, 5) is 24.7. The summed E-state index contributed by atoms with van der Waals surface area (Å²) in [6.07, 6.45) is 1.60. The largest absolute Gasteiger partial charge is 0.376 e. The average Bonchev–Trinajstić information content (AvgIpc) is 2.64. The maximum atomic E-state index is 11.7. The quantitative estimate of drug-likeness (QED) is 0.757. The van der Waals surface area contributed by atoms with E-state index in [1.165, 1.54) is 16.0 Å². The second kappa shape index (κ2) is 5.13. The third kappa shape index (κ3) is 2.54. The Balaban J connectivity index is 1.73. The van der Waals surface area contributed by atoms with Gasteiger partial charge in [0, 0.05) is 25.3 Å². The van der Waals surface area contributed by atoms with Crippen LogP contribution in [-0.4, -0.2) is 29.9 Å². The molecular formula is C15H17NO3. The lowest BCUT2D eigenvalue weighted by molar-refractivity contribution is -0.139. The molecule has 1 fully saturated rings. The number of ether oxygens (including phenoxy) is 1. The van der Waals surface area contributed by atoms with Gasteiger partial charge in [-0.05, 0) is 17.5 Å². The number of benzene rings is 1. The Morgan fingerprint density at radius 3 is 2.53 bits per heavy atom. The third-order valence-electron chi connectivity index (χ3n) is 3.83. The standard InChI is InChI=1S/C15H17NO3/c17-14-5-6-15(18)16(14)8-11-7-12-3-1-2-4-13(12)10-19-9-11/h1-4,11H,5-10H2. The van der Waals surface area contributed by atoms with E-state index >= 15 is 0 Å². The minimum absolute atomic E-state index is 0.0393. The highest BCUT2D eigenvalue weighted by atomic mass is 16.5. The second-order valence-corrected chi connectivity index (χ2v) is 5.25. The second-order valence-electron chi connectivity index (χ2n) is 5.25. The van der Waals surface area contributed by atoms with Gasteiger partial charge < -0.3 is 4.74 Å². The molecule has 0 N–H and O–H groups in total. The molecule has 1 unspecified atom stereocenters. The summed E-state index contributed by atoms with van der Waals surface area (Å²) >= 11 is 0. The molecule has 100 valence electrons. The van der Waals surface area contributed by atoms with Crippen LogP contribution in [0, 0.1) is 5.92 Å². The van der Waals surface area contributed by atoms with Crippen LogP contribution in [0.2, 0.25) is 0 Å². The van der Waals surface area contributed by atoms with Gasteiger partial charge in [0.2, 0.25) is 11.8 Å². The smallest absolute Gasteiger partial charge is 0.229 e. The Morgan fingerprint density at radius 2 is 1.79 bits per heavy atom. The van der Waals surface area contributed by atoms with Crippen molar-refractivity contribution in [3.8, 4) is 0 Å². The van der Waals surface area contributed by atoms with Crippen LogP contribution in [0.15, 0.2) is 24.3 Å². The zero-order valence-electron chi connectivity index (χ0n) is 10.8. The van der Waals surface area contributed by atoms with E-state index in [0.29, 0.717) is 32.6 Å². The van der Waals surface area contributed by atoms with Crippen LogP contribution >= 0.6 is 0 Å². The van der Waals surface area contributed by atoms with E-state index in [4.69, 9.17) is 4.74 Å². The minimum atomic E-state index is -0.0393. The summed E-state index contributed by atoms with van der Waals surface area (Å²) in [6, 6.07) is 8.21. The highest BCUT2D eigenvalue weighted by Crippen LogP contribution is 2.22. The van der Waals surface area contributed by atoms with Crippen molar-refractivity contribution in [2.75, 3.05) is 13.2 Å². The van der Waals surface area contributed by atoms with E-state index in [-0.39, 0.29) is 17.7 Å². The van der Waals surface area contributed by atoms with Gasteiger partial charge in [-0.25, -0.2) is 0 Å². The lowest BCUT2D eigenvalue weighted by Crippen LogP contribution is -2.36. The van der Waals surface area contributed by atoms with Crippen molar-refractivity contribution in [2.24, 2.45) is 5.92 Å². The number of rotatable bonds is 2. The highest BCUT2D eigenvalue weighted by molar-refractivity contribution is 6.01. The van der Waals surface area contributed by atoms with Gasteiger partial charge in [-0.3, -0.25) is 14.5 Å². The van der Waals surface area contributed by atoms with Gasteiger partial charge in [0.1, 0.15) is 0 Å². The van der Waals surface area contributed by atoms with Crippen LogP contribution in [0.4, 0.5) is 0 Å². The molecule has 0 radical (unpaired) electrons. The van der Waals surface area contributed by atoms with Crippen LogP contribution < -0.4 is 0 Å². The Labute approximate surface area is 112 Å². The molecule has 1 aromatic rings. The maximum Gasteiger partial charge on any atom is 0.229 e. The van der Waals surface area contributed by atoms with Crippen LogP contribution in [0.1, 0.15) is 24.0 Å². The van der Waals surface area contributed by atoms with E-state index < -0.39 is 0 Å². The molecule has 1 aromatic carbocycles. The zero-order chi connectivity index (χ0) is 13.2. The number of amides is 2. The predicted molar refractivity (Wildman–Crippen MR) is 69.2 cm³/mol. The molecule has 2 amide bonds. The summed E-state index contributed by atoms with van der Waals surface area (Å²) in [5.41, 5.74) is 2.48. The summed E-state index contributed by atoms with van der Waals surface area (Å²) in [7, 11) is 0. The first-order valence-corrected chi connectivity index (χ1v) is 6.72. The molecule has 0 aromatic heterocycles. The van der Waals surface area contributed by atoms with E-state index in [2.05, 4.69) is 12.1 Å². The van der Waals surface area contributed by atoms with Gasteiger partial charge in [0.15, 0.2) is 0 Å². The molecule has 1 atom stereocenters. The van der Waals surface area contributed by atoms with E-state index in [1.54, 1.807) is 0 Å².